The molecule has 0 spiro atoms. The number of carbonyl (C=O) groups excluding carboxylic acids is 1. The minimum atomic E-state index is 0. The Morgan fingerprint density at radius 3 is 2.18 bits per heavy atom. The Hall–Kier alpha value is -4.06. The van der Waals surface area contributed by atoms with Crippen LogP contribution in [0.3, 0.4) is 0 Å². The molecule has 3 aromatic heterocycles. The molecule has 0 saturated carbocycles. The molecule has 3 heterocycles. The number of aliphatic hydroxyl groups excluding tert-OH is 1. The Morgan fingerprint density at radius 2 is 1.48 bits per heavy atom. The van der Waals surface area contributed by atoms with Crippen molar-refractivity contribution in [3.8, 4) is 11.3 Å². The van der Waals surface area contributed by atoms with Gasteiger partial charge in [-0.1, -0.05) is 63.6 Å². The van der Waals surface area contributed by atoms with Crippen LogP contribution in [-0.4, -0.2) is 20.9 Å². The van der Waals surface area contributed by atoms with Crippen molar-refractivity contribution in [2.75, 3.05) is 0 Å². The van der Waals surface area contributed by atoms with Gasteiger partial charge in [0, 0.05) is 59.9 Å². The maximum atomic E-state index is 11.7. The zero-order valence-corrected chi connectivity index (χ0v) is 27.6. The summed E-state index contributed by atoms with van der Waals surface area (Å²) in [6.07, 6.45) is 6.48. The van der Waals surface area contributed by atoms with Gasteiger partial charge in [0.1, 0.15) is 17.5 Å². The molecule has 4 aromatic carbocycles. The summed E-state index contributed by atoms with van der Waals surface area (Å²) >= 11 is 0. The number of benzene rings is 4. The molecule has 1 N–H and O–H groups in total. The molecule has 0 aliphatic heterocycles. The largest absolute Gasteiger partial charge is 0.512 e. The second kappa shape index (κ2) is 11.8. The predicted molar refractivity (Wildman–Crippen MR) is 173 cm³/mol. The van der Waals surface area contributed by atoms with Crippen LogP contribution < -0.4 is 0 Å². The van der Waals surface area contributed by atoms with E-state index in [0.29, 0.717) is 5.71 Å². The summed E-state index contributed by atoms with van der Waals surface area (Å²) in [6, 6.07) is 20.1. The minimum Gasteiger partial charge on any atom is -0.512 e. The smallest absolute Gasteiger partial charge is 0.223 e. The average molecular weight is 762 g/mol. The zero-order valence-electron chi connectivity index (χ0n) is 25.2. The van der Waals surface area contributed by atoms with Crippen molar-refractivity contribution in [1.29, 1.82) is 0 Å². The van der Waals surface area contributed by atoms with E-state index < -0.39 is 0 Å². The summed E-state index contributed by atoms with van der Waals surface area (Å²) < 4.78 is 12.5. The van der Waals surface area contributed by atoms with Gasteiger partial charge in [-0.15, -0.1) is 17.5 Å². The third-order valence-corrected chi connectivity index (χ3v) is 9.07. The Kier molecular flexibility index (Phi) is 8.04. The van der Waals surface area contributed by atoms with Gasteiger partial charge in [-0.05, 0) is 59.4 Å². The third-order valence-electron chi connectivity index (χ3n) is 9.07. The molecule has 0 saturated heterocycles. The molecule has 0 amide bonds. The minimum absolute atomic E-state index is 0. The second-order valence-electron chi connectivity index (χ2n) is 11.3. The van der Waals surface area contributed by atoms with Crippen LogP contribution in [0.4, 0.5) is 0 Å². The monoisotopic (exact) mass is 762 g/mol. The molecule has 44 heavy (non-hydrogen) atoms. The van der Waals surface area contributed by atoms with E-state index in [1.807, 2.05) is 45.9 Å². The number of aliphatic hydroxyl groups is 1. The van der Waals surface area contributed by atoms with Gasteiger partial charge in [0.2, 0.25) is 5.71 Å². The van der Waals surface area contributed by atoms with Gasteiger partial charge < -0.3 is 13.9 Å². The molecule has 0 bridgehead atoms. The first-order valence-electron chi connectivity index (χ1n) is 15.2. The number of aromatic nitrogens is 2. The van der Waals surface area contributed by atoms with Crippen molar-refractivity contribution in [2.45, 2.75) is 53.4 Å². The molecule has 0 unspecified atom stereocenters. The molecule has 0 fully saturated rings. The third kappa shape index (κ3) is 4.53. The Bertz CT molecular complexity index is 2240. The molecule has 8 rings (SSSR count). The summed E-state index contributed by atoms with van der Waals surface area (Å²) in [5.74, 6) is 0.547. The SMILES string of the molecule is CCC(CC)C(=O)/C=C(\O)C(CC)CC.[Ir].[c-]1c2c3c(oc4ccc5ccc6oc7ncnc-2c7c6c5c43)c2ccccc12. The van der Waals surface area contributed by atoms with Crippen molar-refractivity contribution >= 4 is 71.3 Å². The van der Waals surface area contributed by atoms with E-state index >= 15 is 0 Å². The second-order valence-corrected chi connectivity index (χ2v) is 11.3. The van der Waals surface area contributed by atoms with Crippen molar-refractivity contribution in [3.63, 3.8) is 0 Å². The summed E-state index contributed by atoms with van der Waals surface area (Å²) in [6.45, 7) is 8.07. The molecule has 7 aromatic rings. The predicted octanol–water partition coefficient (Wildman–Crippen LogP) is 10.2. The molecule has 7 heteroatoms. The Balaban J connectivity index is 0.000000187. The van der Waals surface area contributed by atoms with Gasteiger partial charge in [-0.3, -0.25) is 9.78 Å². The van der Waals surface area contributed by atoms with E-state index in [9.17, 15) is 9.90 Å². The summed E-state index contributed by atoms with van der Waals surface area (Å²) in [5, 5.41) is 18.3. The Labute approximate surface area is 268 Å². The molecule has 1 aliphatic rings. The van der Waals surface area contributed by atoms with Crippen LogP contribution in [0.1, 0.15) is 53.4 Å². The van der Waals surface area contributed by atoms with Crippen molar-refractivity contribution in [3.05, 3.63) is 72.8 Å². The van der Waals surface area contributed by atoms with Gasteiger partial charge in [-0.2, -0.15) is 0 Å². The number of rotatable bonds is 7. The van der Waals surface area contributed by atoms with Gasteiger partial charge in [-0.25, -0.2) is 4.98 Å². The first kappa shape index (κ1) is 30.0. The van der Waals surface area contributed by atoms with Crippen molar-refractivity contribution < 1.29 is 38.8 Å². The number of nitrogens with zero attached hydrogens (tertiary/aromatic N) is 2. The Morgan fingerprint density at radius 1 is 0.818 bits per heavy atom. The molecule has 6 nitrogen and oxygen atoms in total. The summed E-state index contributed by atoms with van der Waals surface area (Å²) in [7, 11) is 0. The van der Waals surface area contributed by atoms with E-state index in [2.05, 4.69) is 46.4 Å². The maximum absolute atomic E-state index is 11.7. The quantitative estimate of drug-likeness (QED) is 0.0988. The van der Waals surface area contributed by atoms with Crippen LogP contribution in [-0.2, 0) is 24.9 Å². The molecular formula is C37H33IrN2O4-. The van der Waals surface area contributed by atoms with Crippen molar-refractivity contribution in [1.82, 2.24) is 9.97 Å². The standard InChI is InChI=1S/C24H9N2O2.C13H24O2.Ir/c1-2-4-13-12(3-1)9-14-18-19-15(27-23(13)18)7-5-11-6-8-16-20(17(11)19)21-22(14)25-10-26-24(21)28-16;1-5-10(6-2)12(14)9-13(15)11(7-3)8-4;/h1-8,10H;9-11,14H,5-8H2,1-4H3;/q-1;;/b;12-9-;. The van der Waals surface area contributed by atoms with E-state index in [4.69, 9.17) is 8.83 Å². The maximum Gasteiger partial charge on any atom is 0.223 e. The number of furan rings is 2. The molecular weight excluding hydrogens is 729 g/mol. The van der Waals surface area contributed by atoms with Crippen LogP contribution in [0.5, 0.6) is 0 Å². The van der Waals surface area contributed by atoms with Crippen molar-refractivity contribution in [2.24, 2.45) is 11.8 Å². The number of fused-ring (bicyclic) bond motifs is 3. The fourth-order valence-electron chi connectivity index (χ4n) is 6.66. The van der Waals surface area contributed by atoms with E-state index in [1.165, 1.54) is 6.08 Å². The van der Waals surface area contributed by atoms with Gasteiger partial charge in [0.25, 0.3) is 0 Å². The van der Waals surface area contributed by atoms with Crippen LogP contribution in [0, 0.1) is 17.9 Å². The first-order valence-corrected chi connectivity index (χ1v) is 15.2. The fourth-order valence-corrected chi connectivity index (χ4v) is 6.66. The van der Waals surface area contributed by atoms with Crippen LogP contribution >= 0.6 is 0 Å². The van der Waals surface area contributed by atoms with Gasteiger partial charge in [0.05, 0.1) is 11.3 Å². The van der Waals surface area contributed by atoms with Gasteiger partial charge in [0.15, 0.2) is 5.78 Å². The summed E-state index contributed by atoms with van der Waals surface area (Å²) in [4.78, 5) is 20.8. The van der Waals surface area contributed by atoms with Crippen LogP contribution in [0.25, 0.3) is 76.8 Å². The molecule has 0 atom stereocenters. The van der Waals surface area contributed by atoms with Crippen LogP contribution in [0.15, 0.2) is 75.5 Å². The van der Waals surface area contributed by atoms with E-state index in [-0.39, 0.29) is 43.5 Å². The number of carbonyl (C=O) groups is 1. The fraction of sp³-hybridized carbons (Fsp3) is 0.270. The van der Waals surface area contributed by atoms with Crippen LogP contribution in [0.2, 0.25) is 0 Å². The molecule has 225 valence electrons. The molecule has 1 aliphatic carbocycles. The average Bonchev–Trinajstić information content (AvgIpc) is 3.57. The first-order chi connectivity index (χ1) is 21.0. The van der Waals surface area contributed by atoms with E-state index in [1.54, 1.807) is 6.33 Å². The zero-order chi connectivity index (χ0) is 29.8. The number of allylic oxidation sites excluding steroid dienone is 2. The number of ketones is 1. The van der Waals surface area contributed by atoms with Gasteiger partial charge >= 0.3 is 0 Å². The normalized spacial score (nSPS) is 12.5. The topological polar surface area (TPSA) is 89.4 Å². The van der Waals surface area contributed by atoms with E-state index in [0.717, 1.165) is 96.8 Å². The number of hydrogen-bond donors (Lipinski definition) is 1. The molecule has 1 radical (unpaired) electrons. The summed E-state index contributed by atoms with van der Waals surface area (Å²) in [5.41, 5.74) is 5.00. The number of hydrogen-bond acceptors (Lipinski definition) is 6.